The van der Waals surface area contributed by atoms with Crippen molar-refractivity contribution in [1.29, 1.82) is 0 Å². The van der Waals surface area contributed by atoms with Crippen molar-refractivity contribution in [3.63, 3.8) is 0 Å². The quantitative estimate of drug-likeness (QED) is 0.240. The maximum atomic E-state index is 10.1. The van der Waals surface area contributed by atoms with Crippen molar-refractivity contribution in [2.75, 3.05) is 6.61 Å². The van der Waals surface area contributed by atoms with E-state index < -0.39 is 26.6 Å². The number of aliphatic hydroxyl groups excluding tert-OH is 2. The first-order valence-electron chi connectivity index (χ1n) is 3.36. The van der Waals surface area contributed by atoms with Gasteiger partial charge in [0.2, 0.25) is 0 Å². The van der Waals surface area contributed by atoms with Crippen molar-refractivity contribution in [1.82, 2.24) is 0 Å². The number of phosphoric acid groups is 1. The Kier molecular flexibility index (Phi) is 9.68. The van der Waals surface area contributed by atoms with Crippen molar-refractivity contribution in [3.8, 4) is 0 Å². The summed E-state index contributed by atoms with van der Waals surface area (Å²) in [4.78, 5) is 26.3. The topological polar surface area (TPSA) is 124 Å². The van der Waals surface area contributed by atoms with Gasteiger partial charge in [-0.15, -0.1) is 0 Å². The zero-order valence-corrected chi connectivity index (χ0v) is 10.5. The Hall–Kier alpha value is 0.700. The molecule has 0 amide bonds. The summed E-state index contributed by atoms with van der Waals surface area (Å²) >= 11 is 0. The van der Waals surface area contributed by atoms with Gasteiger partial charge in [0.25, 0.3) is 0 Å². The molecule has 7 nitrogen and oxygen atoms in total. The summed E-state index contributed by atoms with van der Waals surface area (Å²) in [5.74, 6) is 0. The van der Waals surface area contributed by atoms with Crippen molar-refractivity contribution in [2.24, 2.45) is 0 Å². The minimum Gasteiger partial charge on any atom is -0.390 e. The molecule has 0 bridgehead atoms. The molecule has 2 atom stereocenters. The minimum absolute atomic E-state index is 0. The standard InChI is InChI=1S/C5H11O7P.Na/c6-2-1-4(7)5(8)3-12-13(9,10)11;/h2,4-5,7-8H,1,3H2,(H2,9,10,11);/t4-,5+;/m0./s1. The number of carbonyl (C=O) groups is 1. The number of aliphatic hydroxyl groups is 2. The third-order valence-electron chi connectivity index (χ3n) is 1.20. The van der Waals surface area contributed by atoms with E-state index >= 15 is 0 Å². The van der Waals surface area contributed by atoms with E-state index in [1.54, 1.807) is 0 Å². The van der Waals surface area contributed by atoms with Gasteiger partial charge in [-0.2, -0.15) is 0 Å². The molecule has 0 aromatic heterocycles. The predicted octanol–water partition coefficient (Wildman–Crippen LogP) is -1.97. The van der Waals surface area contributed by atoms with E-state index in [0.29, 0.717) is 6.29 Å². The van der Waals surface area contributed by atoms with Crippen LogP contribution in [-0.2, 0) is 13.9 Å². The Morgan fingerprint density at radius 3 is 2.14 bits per heavy atom. The average Bonchev–Trinajstić information content (AvgIpc) is 1.99. The number of carbonyl (C=O) groups excluding carboxylic acids is 1. The van der Waals surface area contributed by atoms with Crippen LogP contribution in [0.15, 0.2) is 0 Å². The van der Waals surface area contributed by atoms with Gasteiger partial charge in [0.15, 0.2) is 0 Å². The van der Waals surface area contributed by atoms with Gasteiger partial charge >= 0.3 is 7.82 Å². The molecule has 0 heterocycles. The number of rotatable bonds is 6. The Morgan fingerprint density at radius 1 is 1.29 bits per heavy atom. The molecule has 0 fully saturated rings. The summed E-state index contributed by atoms with van der Waals surface area (Å²) in [5, 5.41) is 17.8. The smallest absolute Gasteiger partial charge is 0.390 e. The third kappa shape index (κ3) is 9.26. The van der Waals surface area contributed by atoms with Gasteiger partial charge in [0.1, 0.15) is 12.4 Å². The molecule has 0 saturated carbocycles. The van der Waals surface area contributed by atoms with Crippen LogP contribution in [0.3, 0.4) is 0 Å². The van der Waals surface area contributed by atoms with Gasteiger partial charge in [0.05, 0.1) is 12.7 Å². The number of phosphoric ester groups is 1. The second kappa shape index (κ2) is 7.92. The Bertz CT molecular complexity index is 204. The summed E-state index contributed by atoms with van der Waals surface area (Å²) in [6.45, 7) is -0.723. The fraction of sp³-hybridized carbons (Fsp3) is 0.800. The number of aldehydes is 1. The third-order valence-corrected chi connectivity index (χ3v) is 1.68. The molecule has 4 N–H and O–H groups in total. The molecule has 14 heavy (non-hydrogen) atoms. The van der Waals surface area contributed by atoms with Crippen LogP contribution in [0.4, 0.5) is 0 Å². The summed E-state index contributed by atoms with van der Waals surface area (Å²) in [6, 6.07) is 0. The normalized spacial score (nSPS) is 15.4. The molecule has 0 rings (SSSR count). The summed E-state index contributed by atoms with van der Waals surface area (Å²) < 4.78 is 14.0. The fourth-order valence-electron chi connectivity index (χ4n) is 0.540. The van der Waals surface area contributed by atoms with Crippen molar-refractivity contribution in [2.45, 2.75) is 18.6 Å². The first kappa shape index (κ1) is 17.1. The molecule has 79 valence electrons. The van der Waals surface area contributed by atoms with Crippen LogP contribution in [0.25, 0.3) is 0 Å². The molecule has 0 saturated heterocycles. The predicted molar refractivity (Wildman–Crippen MR) is 46.4 cm³/mol. The summed E-state index contributed by atoms with van der Waals surface area (Å²) in [7, 11) is -4.64. The van der Waals surface area contributed by atoms with Crippen molar-refractivity contribution in [3.05, 3.63) is 0 Å². The Balaban J connectivity index is 0. The van der Waals surface area contributed by atoms with E-state index in [1.165, 1.54) is 0 Å². The van der Waals surface area contributed by atoms with Crippen LogP contribution in [0.1, 0.15) is 6.42 Å². The van der Waals surface area contributed by atoms with E-state index in [4.69, 9.17) is 20.0 Å². The van der Waals surface area contributed by atoms with E-state index in [2.05, 4.69) is 4.52 Å². The molecule has 9 heteroatoms. The van der Waals surface area contributed by atoms with Crippen LogP contribution in [0.2, 0.25) is 0 Å². The molecule has 0 aliphatic carbocycles. The van der Waals surface area contributed by atoms with Crippen LogP contribution in [0.5, 0.6) is 0 Å². The first-order chi connectivity index (χ1) is 5.87. The molecule has 0 aromatic rings. The SMILES string of the molecule is O=CC[C@H](O)[C@H](O)COP(=O)(O)O.[Na]. The molecule has 0 unspecified atom stereocenters. The maximum absolute atomic E-state index is 10.1. The average molecular weight is 237 g/mol. The Morgan fingerprint density at radius 2 is 1.79 bits per heavy atom. The minimum atomic E-state index is -4.64. The van der Waals surface area contributed by atoms with E-state index in [1.807, 2.05) is 0 Å². The summed E-state index contributed by atoms with van der Waals surface area (Å²) in [6.07, 6.45) is -2.79. The summed E-state index contributed by atoms with van der Waals surface area (Å²) in [5.41, 5.74) is 0. The van der Waals surface area contributed by atoms with Crippen LogP contribution >= 0.6 is 7.82 Å². The second-order valence-corrected chi connectivity index (χ2v) is 3.56. The Labute approximate surface area is 103 Å². The van der Waals surface area contributed by atoms with Gasteiger partial charge in [-0.1, -0.05) is 0 Å². The van der Waals surface area contributed by atoms with Gasteiger partial charge < -0.3 is 24.8 Å². The monoisotopic (exact) mass is 237 g/mol. The number of hydrogen-bond acceptors (Lipinski definition) is 5. The molecular formula is C5H11NaO7P. The molecular weight excluding hydrogens is 226 g/mol. The molecule has 0 aliphatic rings. The van der Waals surface area contributed by atoms with Gasteiger partial charge in [0, 0.05) is 36.0 Å². The largest absolute Gasteiger partial charge is 0.469 e. The molecule has 0 aromatic carbocycles. The molecule has 0 spiro atoms. The zero-order chi connectivity index (χ0) is 10.5. The maximum Gasteiger partial charge on any atom is 0.469 e. The second-order valence-electron chi connectivity index (χ2n) is 2.32. The van der Waals surface area contributed by atoms with E-state index in [0.717, 1.165) is 0 Å². The van der Waals surface area contributed by atoms with E-state index in [9.17, 15) is 9.36 Å². The number of hydrogen-bond donors (Lipinski definition) is 4. The molecule has 1 radical (unpaired) electrons. The molecule has 0 aliphatic heterocycles. The van der Waals surface area contributed by atoms with Crippen LogP contribution in [-0.4, -0.2) is 74.7 Å². The van der Waals surface area contributed by atoms with Gasteiger partial charge in [-0.25, -0.2) is 4.57 Å². The van der Waals surface area contributed by atoms with Crippen molar-refractivity contribution >= 4 is 43.7 Å². The van der Waals surface area contributed by atoms with Gasteiger partial charge in [-0.3, -0.25) is 4.52 Å². The fourth-order valence-corrected chi connectivity index (χ4v) is 0.887. The first-order valence-corrected chi connectivity index (χ1v) is 4.89. The van der Waals surface area contributed by atoms with Crippen molar-refractivity contribution < 1.29 is 33.9 Å². The van der Waals surface area contributed by atoms with E-state index in [-0.39, 0.29) is 36.0 Å². The van der Waals surface area contributed by atoms with Crippen LogP contribution in [0, 0.1) is 0 Å². The zero-order valence-electron chi connectivity index (χ0n) is 7.61. The van der Waals surface area contributed by atoms with Gasteiger partial charge in [-0.05, 0) is 0 Å². The van der Waals surface area contributed by atoms with Crippen LogP contribution < -0.4 is 0 Å².